The van der Waals surface area contributed by atoms with E-state index in [0.717, 1.165) is 0 Å². The van der Waals surface area contributed by atoms with Gasteiger partial charge in [0.25, 0.3) is 5.91 Å². The third-order valence-electron chi connectivity index (χ3n) is 4.65. The van der Waals surface area contributed by atoms with E-state index in [-0.39, 0.29) is 17.8 Å². The summed E-state index contributed by atoms with van der Waals surface area (Å²) >= 11 is 6.11. The van der Waals surface area contributed by atoms with Gasteiger partial charge in [-0.2, -0.15) is 5.10 Å². The van der Waals surface area contributed by atoms with Crippen LogP contribution in [-0.4, -0.2) is 58.3 Å². The summed E-state index contributed by atoms with van der Waals surface area (Å²) in [6.07, 6.45) is 2.93. The maximum absolute atomic E-state index is 12.5. The van der Waals surface area contributed by atoms with Crippen LogP contribution < -0.4 is 0 Å². The average molecular weight is 412 g/mol. The summed E-state index contributed by atoms with van der Waals surface area (Å²) in [5.74, 6) is -1.32. The van der Waals surface area contributed by atoms with Crippen LogP contribution in [0, 0.1) is 12.8 Å². The van der Waals surface area contributed by atoms with Gasteiger partial charge < -0.3 is 14.4 Å². The van der Waals surface area contributed by atoms with Crippen LogP contribution in [0.3, 0.4) is 0 Å². The summed E-state index contributed by atoms with van der Waals surface area (Å²) < 4.78 is 11.7. The molecule has 1 atom stereocenters. The second kappa shape index (κ2) is 9.73. The summed E-state index contributed by atoms with van der Waals surface area (Å²) in [6, 6.07) is 0. The topological polar surface area (TPSA) is 90.7 Å². The Morgan fingerprint density at radius 1 is 1.32 bits per heavy atom. The molecule has 0 aliphatic carbocycles. The molecule has 2 rings (SSSR count). The molecule has 1 aromatic heterocycles. The first-order valence-electron chi connectivity index (χ1n) is 9.27. The number of rotatable bonds is 6. The quantitative estimate of drug-likeness (QED) is 0.526. The standard InChI is InChI=1S/C19H26ClN3O5/c1-5-27-19(26)14-8-10-23(11-9-14)18(25)13(3)28-16(24)7-6-15-12(2)21-22(4)17(15)20/h6-7,13-14H,5,8-11H2,1-4H3/b7-6+. The predicted octanol–water partition coefficient (Wildman–Crippen LogP) is 2.13. The normalized spacial score (nSPS) is 16.2. The van der Waals surface area contributed by atoms with E-state index in [1.165, 1.54) is 23.8 Å². The molecule has 0 radical (unpaired) electrons. The van der Waals surface area contributed by atoms with Crippen LogP contribution in [0.2, 0.25) is 5.15 Å². The molecule has 1 fully saturated rings. The highest BCUT2D eigenvalue weighted by molar-refractivity contribution is 6.31. The molecule has 154 valence electrons. The zero-order valence-electron chi connectivity index (χ0n) is 16.6. The number of aromatic nitrogens is 2. The number of nitrogens with zero attached hydrogens (tertiary/aromatic N) is 3. The largest absolute Gasteiger partial charge is 0.466 e. The van der Waals surface area contributed by atoms with Gasteiger partial charge in [-0.25, -0.2) is 4.79 Å². The minimum atomic E-state index is -0.915. The number of piperidine rings is 1. The Morgan fingerprint density at radius 3 is 2.50 bits per heavy atom. The van der Waals surface area contributed by atoms with Crippen LogP contribution in [0.25, 0.3) is 6.08 Å². The van der Waals surface area contributed by atoms with Crippen LogP contribution in [0.1, 0.15) is 37.9 Å². The highest BCUT2D eigenvalue weighted by Gasteiger charge is 2.31. The Balaban J connectivity index is 1.86. The lowest BCUT2D eigenvalue weighted by Gasteiger charge is -2.32. The third kappa shape index (κ3) is 5.34. The van der Waals surface area contributed by atoms with Gasteiger partial charge in [-0.3, -0.25) is 14.3 Å². The molecule has 0 N–H and O–H groups in total. The van der Waals surface area contributed by atoms with Crippen molar-refractivity contribution in [3.63, 3.8) is 0 Å². The van der Waals surface area contributed by atoms with Crippen molar-refractivity contribution < 1.29 is 23.9 Å². The van der Waals surface area contributed by atoms with Gasteiger partial charge >= 0.3 is 11.9 Å². The molecular weight excluding hydrogens is 386 g/mol. The van der Waals surface area contributed by atoms with E-state index in [9.17, 15) is 14.4 Å². The molecule has 1 aliphatic rings. The van der Waals surface area contributed by atoms with Gasteiger partial charge in [0, 0.05) is 31.8 Å². The van der Waals surface area contributed by atoms with Gasteiger partial charge in [0.15, 0.2) is 6.10 Å². The molecule has 0 saturated carbocycles. The van der Waals surface area contributed by atoms with Crippen LogP contribution in [0.4, 0.5) is 0 Å². The fourth-order valence-corrected chi connectivity index (χ4v) is 3.34. The van der Waals surface area contributed by atoms with E-state index in [0.29, 0.717) is 48.9 Å². The number of hydrogen-bond acceptors (Lipinski definition) is 6. The SMILES string of the molecule is CCOC(=O)C1CCN(C(=O)C(C)OC(=O)/C=C/c2c(C)nn(C)c2Cl)CC1. The first-order chi connectivity index (χ1) is 13.2. The summed E-state index contributed by atoms with van der Waals surface area (Å²) in [5, 5.41) is 4.57. The second-order valence-corrected chi connectivity index (χ2v) is 7.04. The summed E-state index contributed by atoms with van der Waals surface area (Å²) in [7, 11) is 1.71. The summed E-state index contributed by atoms with van der Waals surface area (Å²) in [4.78, 5) is 37.9. The van der Waals surface area contributed by atoms with Crippen molar-refractivity contribution in [1.82, 2.24) is 14.7 Å². The molecule has 1 unspecified atom stereocenters. The number of hydrogen-bond donors (Lipinski definition) is 0. The lowest BCUT2D eigenvalue weighted by Crippen LogP contribution is -2.45. The van der Waals surface area contributed by atoms with Gasteiger partial charge in [0.05, 0.1) is 18.2 Å². The van der Waals surface area contributed by atoms with E-state index in [2.05, 4.69) is 5.10 Å². The minimum Gasteiger partial charge on any atom is -0.466 e. The number of carbonyl (C=O) groups excluding carboxylic acids is 3. The maximum Gasteiger partial charge on any atom is 0.331 e. The number of aryl methyl sites for hydroxylation is 2. The van der Waals surface area contributed by atoms with Crippen LogP contribution in [0.5, 0.6) is 0 Å². The van der Waals surface area contributed by atoms with Gasteiger partial charge in [0.1, 0.15) is 5.15 Å². The first-order valence-corrected chi connectivity index (χ1v) is 9.65. The molecule has 0 bridgehead atoms. The van der Waals surface area contributed by atoms with Gasteiger partial charge in [-0.15, -0.1) is 0 Å². The highest BCUT2D eigenvalue weighted by atomic mass is 35.5. The van der Waals surface area contributed by atoms with E-state index < -0.39 is 12.1 Å². The lowest BCUT2D eigenvalue weighted by molar-refractivity contribution is -0.157. The Bertz CT molecular complexity index is 766. The van der Waals surface area contributed by atoms with Crippen molar-refractivity contribution in [2.75, 3.05) is 19.7 Å². The monoisotopic (exact) mass is 411 g/mol. The second-order valence-electron chi connectivity index (χ2n) is 6.68. The van der Waals surface area contributed by atoms with Crippen LogP contribution in [-0.2, 0) is 30.9 Å². The van der Waals surface area contributed by atoms with E-state index >= 15 is 0 Å². The molecule has 8 nitrogen and oxygen atoms in total. The Kier molecular flexibility index (Phi) is 7.62. The molecule has 1 aromatic rings. The van der Waals surface area contributed by atoms with Crippen LogP contribution >= 0.6 is 11.6 Å². The zero-order chi connectivity index (χ0) is 20.8. The third-order valence-corrected chi connectivity index (χ3v) is 5.10. The molecule has 1 aliphatic heterocycles. The molecule has 1 saturated heterocycles. The first kappa shape index (κ1) is 21.9. The van der Waals surface area contributed by atoms with Crippen molar-refractivity contribution >= 4 is 35.5 Å². The number of carbonyl (C=O) groups is 3. The number of ether oxygens (including phenoxy) is 2. The van der Waals surface area contributed by atoms with Crippen molar-refractivity contribution in [2.24, 2.45) is 13.0 Å². The maximum atomic E-state index is 12.5. The summed E-state index contributed by atoms with van der Waals surface area (Å²) in [6.45, 7) is 6.30. The minimum absolute atomic E-state index is 0.183. The number of halogens is 1. The Hall–Kier alpha value is -2.35. The van der Waals surface area contributed by atoms with Gasteiger partial charge in [-0.1, -0.05) is 11.6 Å². The Morgan fingerprint density at radius 2 is 1.96 bits per heavy atom. The Labute approximate surface area is 169 Å². The average Bonchev–Trinajstić information content (AvgIpc) is 2.91. The number of amides is 1. The van der Waals surface area contributed by atoms with E-state index in [4.69, 9.17) is 21.1 Å². The van der Waals surface area contributed by atoms with Crippen molar-refractivity contribution in [3.05, 3.63) is 22.5 Å². The van der Waals surface area contributed by atoms with Crippen molar-refractivity contribution in [2.45, 2.75) is 39.7 Å². The lowest BCUT2D eigenvalue weighted by atomic mass is 9.97. The molecular formula is C19H26ClN3O5. The zero-order valence-corrected chi connectivity index (χ0v) is 17.4. The molecule has 1 amide bonds. The van der Waals surface area contributed by atoms with E-state index in [1.54, 1.807) is 25.8 Å². The van der Waals surface area contributed by atoms with Crippen LogP contribution in [0.15, 0.2) is 6.08 Å². The number of likely N-dealkylation sites (tertiary alicyclic amines) is 1. The summed E-state index contributed by atoms with van der Waals surface area (Å²) in [5.41, 5.74) is 1.31. The predicted molar refractivity (Wildman–Crippen MR) is 103 cm³/mol. The van der Waals surface area contributed by atoms with E-state index in [1.807, 2.05) is 0 Å². The van der Waals surface area contributed by atoms with Crippen molar-refractivity contribution in [1.29, 1.82) is 0 Å². The fraction of sp³-hybridized carbons (Fsp3) is 0.579. The highest BCUT2D eigenvalue weighted by Crippen LogP contribution is 2.21. The number of esters is 2. The smallest absolute Gasteiger partial charge is 0.331 e. The fourth-order valence-electron chi connectivity index (χ4n) is 3.10. The van der Waals surface area contributed by atoms with Gasteiger partial charge in [0.2, 0.25) is 0 Å². The molecule has 2 heterocycles. The van der Waals surface area contributed by atoms with Gasteiger partial charge in [-0.05, 0) is 39.7 Å². The molecule has 0 spiro atoms. The van der Waals surface area contributed by atoms with Crippen molar-refractivity contribution in [3.8, 4) is 0 Å². The molecule has 28 heavy (non-hydrogen) atoms. The molecule has 9 heteroatoms. The molecule has 0 aromatic carbocycles.